The van der Waals surface area contributed by atoms with Gasteiger partial charge in [-0.3, -0.25) is 38.7 Å². The summed E-state index contributed by atoms with van der Waals surface area (Å²) in [5.74, 6) is 0.971. The van der Waals surface area contributed by atoms with Crippen LogP contribution in [-0.2, 0) is 9.59 Å². The van der Waals surface area contributed by atoms with Crippen molar-refractivity contribution < 1.29 is 28.8 Å². The standard InChI is InChI=1S/C47H61FN10O4.C12H24O.C2H4O.C2H6/c1-33-46(52-44-18-13-36(32-57(44)47(33)61)37(30-49)31-50-38-14-15-38)51-42-17-16-39(29-41(42)48)58(62)56-27-23-54(24-28-56)20-9-7-5-4-6-8-19-53-21-25-55(26-22-53)43-12-10-11-40(34(2)59)45(43)35(3)60;1-5-7-10(3)8-9-12(13)11(4)6-2;1-2-3;1-2/h10-13,16-18,29-32,38,51,62H,4-9,14-15,19-28,49H2,1-3H3;10-11H,5-9H2,1-4H3;2H,1H3;1-2H3/b37-30+,50-31?;;;. The van der Waals surface area contributed by atoms with Crippen LogP contribution in [-0.4, -0.2) is 131 Å². The number of nitrogens with one attached hydrogen (secondary N) is 1. The van der Waals surface area contributed by atoms with Gasteiger partial charge < -0.3 is 25.6 Å². The average molecular weight is 1110 g/mol. The number of fused-ring (bicyclic) bond motifs is 1. The van der Waals surface area contributed by atoms with Crippen LogP contribution in [0.25, 0.3) is 11.2 Å². The molecule has 4 aromatic rings. The Morgan fingerprint density at radius 3 is 2.04 bits per heavy atom. The number of nitrogens with two attached hydrogens (primary N) is 1. The van der Waals surface area contributed by atoms with Crippen LogP contribution in [0.2, 0.25) is 0 Å². The molecule has 1 aliphatic carbocycles. The van der Waals surface area contributed by atoms with E-state index in [1.165, 1.54) is 75.5 Å². The van der Waals surface area contributed by atoms with Crippen molar-refractivity contribution in [3.63, 3.8) is 0 Å². The Bertz CT molecular complexity index is 2710. The molecule has 0 amide bonds. The number of piperazine rings is 2. The number of benzene rings is 2. The van der Waals surface area contributed by atoms with E-state index in [1.54, 1.807) is 50.5 Å². The summed E-state index contributed by atoms with van der Waals surface area (Å²) in [4.78, 5) is 74.5. The molecule has 7 rings (SSSR count). The molecule has 3 aliphatic rings. The van der Waals surface area contributed by atoms with Gasteiger partial charge in [0.15, 0.2) is 11.6 Å². The van der Waals surface area contributed by atoms with Crippen molar-refractivity contribution in [3.8, 4) is 0 Å². The second-order valence-corrected chi connectivity index (χ2v) is 21.2. The van der Waals surface area contributed by atoms with Crippen LogP contribution >= 0.6 is 0 Å². The van der Waals surface area contributed by atoms with Gasteiger partial charge in [-0.15, -0.1) is 0 Å². The normalized spacial score (nSPS) is 15.9. The molecular weight excluding hydrogens is 1010 g/mol. The van der Waals surface area contributed by atoms with Crippen LogP contribution in [0, 0.1) is 24.6 Å². The Morgan fingerprint density at radius 2 is 1.49 bits per heavy atom. The van der Waals surface area contributed by atoms with Crippen LogP contribution in [0.5, 0.6) is 0 Å². The van der Waals surface area contributed by atoms with E-state index in [1.807, 2.05) is 44.0 Å². The molecular formula is C63H95FN10O6. The predicted octanol–water partition coefficient (Wildman–Crippen LogP) is 11.8. The maximum atomic E-state index is 15.5. The lowest BCUT2D eigenvalue weighted by molar-refractivity contribution is -0.122. The Morgan fingerprint density at radius 1 is 0.875 bits per heavy atom. The van der Waals surface area contributed by atoms with Crippen molar-refractivity contribution in [2.75, 3.05) is 80.8 Å². The van der Waals surface area contributed by atoms with Crippen molar-refractivity contribution in [2.45, 2.75) is 159 Å². The zero-order chi connectivity index (χ0) is 58.7. The monoisotopic (exact) mass is 1110 g/mol. The molecule has 0 spiro atoms. The Balaban J connectivity index is 0.000000663. The minimum Gasteiger partial charge on any atom is -0.404 e. The van der Waals surface area contributed by atoms with Crippen LogP contribution in [0.15, 0.2) is 70.7 Å². The molecule has 2 aromatic carbocycles. The second kappa shape index (κ2) is 34.9. The van der Waals surface area contributed by atoms with Gasteiger partial charge in [-0.05, 0) is 116 Å². The third kappa shape index (κ3) is 20.4. The summed E-state index contributed by atoms with van der Waals surface area (Å²) in [5.41, 5.74) is 10.1. The van der Waals surface area contributed by atoms with Crippen molar-refractivity contribution in [1.82, 2.24) is 24.2 Å². The molecule has 2 saturated heterocycles. The number of rotatable bonds is 26. The fraction of sp³-hybridized carbons (Fsp3) is 0.571. The number of nitrogens with zero attached hydrogens (tertiary/aromatic N) is 8. The molecule has 4 heterocycles. The Labute approximate surface area is 476 Å². The average Bonchev–Trinajstić information content (AvgIpc) is 4.31. The summed E-state index contributed by atoms with van der Waals surface area (Å²) in [5, 5.41) is 16.9. The fourth-order valence-corrected chi connectivity index (χ4v) is 9.87. The number of hydrazine groups is 1. The second-order valence-electron chi connectivity index (χ2n) is 21.2. The summed E-state index contributed by atoms with van der Waals surface area (Å²) in [6, 6.07) is 13.9. The van der Waals surface area contributed by atoms with Gasteiger partial charge in [0.25, 0.3) is 5.56 Å². The van der Waals surface area contributed by atoms with E-state index < -0.39 is 5.82 Å². The molecule has 17 heteroatoms. The van der Waals surface area contributed by atoms with E-state index in [0.717, 1.165) is 120 Å². The molecule has 4 N–H and O–H groups in total. The zero-order valence-corrected chi connectivity index (χ0v) is 49.9. The number of hydrogen-bond acceptors (Lipinski definition) is 15. The molecule has 80 heavy (non-hydrogen) atoms. The molecule has 2 unspecified atom stereocenters. The highest BCUT2D eigenvalue weighted by molar-refractivity contribution is 6.11. The summed E-state index contributed by atoms with van der Waals surface area (Å²) < 4.78 is 16.9. The number of carbonyl (C=O) groups is 4. The number of allylic oxidation sites excluding steroid dienone is 1. The number of halogens is 1. The third-order valence-electron chi connectivity index (χ3n) is 15.1. The number of ketones is 3. The van der Waals surface area contributed by atoms with Gasteiger partial charge in [-0.1, -0.05) is 92.2 Å². The minimum atomic E-state index is -0.581. The maximum absolute atomic E-state index is 15.5. The molecule has 2 aromatic heterocycles. The van der Waals surface area contributed by atoms with E-state index >= 15 is 4.39 Å². The van der Waals surface area contributed by atoms with Gasteiger partial charge in [0.2, 0.25) is 0 Å². The number of anilines is 4. The molecule has 2 aliphatic heterocycles. The van der Waals surface area contributed by atoms with Crippen LogP contribution in [0.1, 0.15) is 178 Å². The quantitative estimate of drug-likeness (QED) is 0.0177. The van der Waals surface area contributed by atoms with E-state index in [-0.39, 0.29) is 34.5 Å². The predicted molar refractivity (Wildman–Crippen MR) is 325 cm³/mol. The summed E-state index contributed by atoms with van der Waals surface area (Å²) >= 11 is 0. The van der Waals surface area contributed by atoms with E-state index in [9.17, 15) is 24.4 Å². The first kappa shape index (κ1) is 66.4. The largest absolute Gasteiger partial charge is 0.404 e. The number of hydrogen-bond donors (Lipinski definition) is 3. The zero-order valence-electron chi connectivity index (χ0n) is 49.9. The molecule has 440 valence electrons. The third-order valence-corrected chi connectivity index (χ3v) is 15.1. The molecule has 16 nitrogen and oxygen atoms in total. The topological polar surface area (TPSA) is 189 Å². The maximum Gasteiger partial charge on any atom is 0.262 e. The van der Waals surface area contributed by atoms with E-state index in [0.29, 0.717) is 58.5 Å². The van der Waals surface area contributed by atoms with Crippen molar-refractivity contribution >= 4 is 64.0 Å². The number of pyridine rings is 1. The van der Waals surface area contributed by atoms with E-state index in [4.69, 9.17) is 10.5 Å². The minimum absolute atomic E-state index is 0.0637. The van der Waals surface area contributed by atoms with Crippen LogP contribution < -0.4 is 26.7 Å². The van der Waals surface area contributed by atoms with Crippen molar-refractivity contribution in [1.29, 1.82) is 0 Å². The molecule has 0 radical (unpaired) electrons. The highest BCUT2D eigenvalue weighted by Crippen LogP contribution is 2.29. The number of carbonyl (C=O) groups excluding carboxylic acids is 4. The SMILES string of the molecule is CC.CC(=O)c1cccc(N2CCN(CCCCCCCCN3CCN(N(O)c4ccc(Nc5nc6ccc(/C(C=NC7CC7)=C/N)cn6c(=O)c5C)c(F)c4)CC3)CC2)c1C(C)=O.CC=O.CCCC(C)CCC(=O)C(C)CC. The van der Waals surface area contributed by atoms with Gasteiger partial charge >= 0.3 is 0 Å². The smallest absolute Gasteiger partial charge is 0.262 e. The van der Waals surface area contributed by atoms with Crippen LogP contribution in [0.3, 0.4) is 0 Å². The summed E-state index contributed by atoms with van der Waals surface area (Å²) in [7, 11) is 0. The summed E-state index contributed by atoms with van der Waals surface area (Å²) in [6.07, 6.45) is 20.3. The highest BCUT2D eigenvalue weighted by Gasteiger charge is 2.25. The van der Waals surface area contributed by atoms with E-state index in [2.05, 4.69) is 50.8 Å². The number of Topliss-reactive ketones (excluding diaryl/α,β-unsaturated/α-hetero) is 3. The lowest BCUT2D eigenvalue weighted by Gasteiger charge is -2.38. The number of aldehydes is 1. The molecule has 3 fully saturated rings. The van der Waals surface area contributed by atoms with Gasteiger partial charge in [-0.2, -0.15) is 10.2 Å². The molecule has 0 bridgehead atoms. The number of aliphatic imine (C=N–C) groups is 1. The van der Waals surface area contributed by atoms with Crippen LogP contribution in [0.4, 0.5) is 27.3 Å². The van der Waals surface area contributed by atoms with Gasteiger partial charge in [0, 0.05) is 112 Å². The first-order chi connectivity index (χ1) is 38.5. The first-order valence-electron chi connectivity index (χ1n) is 29.6. The Hall–Kier alpha value is -6.14. The number of aromatic nitrogens is 2. The van der Waals surface area contributed by atoms with Gasteiger partial charge in [-0.25, -0.2) is 9.37 Å². The molecule has 2 atom stereocenters. The first-order valence-corrected chi connectivity index (χ1v) is 29.6. The number of unbranched alkanes of at least 4 members (excludes halogenated alkanes) is 5. The van der Waals surface area contributed by atoms with Gasteiger partial charge in [0.05, 0.1) is 28.5 Å². The molecule has 1 saturated carbocycles. The Kier molecular flexibility index (Phi) is 28.9. The fourth-order valence-electron chi connectivity index (χ4n) is 9.87. The van der Waals surface area contributed by atoms with Crippen molar-refractivity contribution in [3.05, 3.63) is 99.4 Å². The summed E-state index contributed by atoms with van der Waals surface area (Å²) in [6.45, 7) is 27.3. The highest BCUT2D eigenvalue weighted by atomic mass is 19.1. The van der Waals surface area contributed by atoms with Gasteiger partial charge in [0.1, 0.15) is 29.4 Å². The van der Waals surface area contributed by atoms with Crippen molar-refractivity contribution in [2.24, 2.45) is 22.6 Å². The lowest BCUT2D eigenvalue weighted by Crippen LogP contribution is -2.53. The lowest BCUT2D eigenvalue weighted by atomic mass is 9.94.